The average molecular weight is 517 g/mol. The summed E-state index contributed by atoms with van der Waals surface area (Å²) in [5.41, 5.74) is 8.00. The van der Waals surface area contributed by atoms with Gasteiger partial charge in [0.1, 0.15) is 18.1 Å². The topological polar surface area (TPSA) is 37.6 Å². The predicted molar refractivity (Wildman–Crippen MR) is 161 cm³/mol. The zero-order chi connectivity index (χ0) is 26.6. The van der Waals surface area contributed by atoms with Crippen LogP contribution in [0.5, 0.6) is 11.5 Å². The third-order valence-electron chi connectivity index (χ3n) is 7.99. The van der Waals surface area contributed by atoms with Crippen LogP contribution in [0.15, 0.2) is 97.1 Å². The van der Waals surface area contributed by atoms with Crippen LogP contribution in [0.3, 0.4) is 0 Å². The third kappa shape index (κ3) is 5.43. The second-order valence-corrected chi connectivity index (χ2v) is 10.6. The number of fused-ring (bicyclic) bond motifs is 1. The lowest BCUT2D eigenvalue weighted by molar-refractivity contribution is 0.183. The molecule has 0 spiro atoms. The van der Waals surface area contributed by atoms with Crippen molar-refractivity contribution in [1.29, 1.82) is 0 Å². The van der Waals surface area contributed by atoms with E-state index in [-0.39, 0.29) is 0 Å². The van der Waals surface area contributed by atoms with Crippen molar-refractivity contribution in [2.45, 2.75) is 32.7 Å². The van der Waals surface area contributed by atoms with Crippen LogP contribution in [0.25, 0.3) is 33.3 Å². The van der Waals surface area contributed by atoms with Crippen LogP contribution >= 0.6 is 0 Å². The van der Waals surface area contributed by atoms with Crippen molar-refractivity contribution >= 4 is 10.9 Å². The molecule has 5 aromatic rings. The van der Waals surface area contributed by atoms with Gasteiger partial charge in [-0.05, 0) is 79.4 Å². The molecule has 4 aromatic carbocycles. The summed E-state index contributed by atoms with van der Waals surface area (Å²) >= 11 is 0. The van der Waals surface area contributed by atoms with E-state index in [2.05, 4.69) is 89.2 Å². The lowest BCUT2D eigenvalue weighted by Gasteiger charge is -2.26. The number of phenols is 1. The lowest BCUT2D eigenvalue weighted by atomic mass is 10.0. The number of aromatic nitrogens is 1. The molecule has 2 heterocycles. The second-order valence-electron chi connectivity index (χ2n) is 10.6. The largest absolute Gasteiger partial charge is 0.507 e. The Hall–Kier alpha value is -4.02. The van der Waals surface area contributed by atoms with Gasteiger partial charge in [-0.25, -0.2) is 0 Å². The summed E-state index contributed by atoms with van der Waals surface area (Å²) in [5, 5.41) is 11.6. The molecule has 39 heavy (non-hydrogen) atoms. The van der Waals surface area contributed by atoms with Gasteiger partial charge >= 0.3 is 0 Å². The van der Waals surface area contributed by atoms with Crippen LogP contribution < -0.4 is 4.74 Å². The number of likely N-dealkylation sites (tertiary alicyclic amines) is 1. The Morgan fingerprint density at radius 1 is 0.744 bits per heavy atom. The Kier molecular flexibility index (Phi) is 7.38. The molecule has 6 rings (SSSR count). The Labute approximate surface area is 231 Å². The van der Waals surface area contributed by atoms with Crippen molar-refractivity contribution < 1.29 is 9.84 Å². The molecule has 0 unspecified atom stereocenters. The Morgan fingerprint density at radius 2 is 1.44 bits per heavy atom. The van der Waals surface area contributed by atoms with Crippen LogP contribution in [0.2, 0.25) is 0 Å². The van der Waals surface area contributed by atoms with Crippen molar-refractivity contribution in [2.24, 2.45) is 0 Å². The highest BCUT2D eigenvalue weighted by Gasteiger charge is 2.17. The lowest BCUT2D eigenvalue weighted by Crippen LogP contribution is -2.33. The fraction of sp³-hybridized carbons (Fsp3) is 0.257. The Morgan fingerprint density at radius 3 is 2.21 bits per heavy atom. The summed E-state index contributed by atoms with van der Waals surface area (Å²) in [7, 11) is 0. The predicted octanol–water partition coefficient (Wildman–Crippen LogP) is 7.90. The zero-order valence-corrected chi connectivity index (χ0v) is 22.6. The number of phenolic OH excluding ortho intramolecular Hbond substituents is 1. The molecular weight excluding hydrogens is 480 g/mol. The first-order chi connectivity index (χ1) is 19.2. The first-order valence-corrected chi connectivity index (χ1v) is 14.1. The molecule has 0 aliphatic carbocycles. The van der Waals surface area contributed by atoms with Gasteiger partial charge in [0.15, 0.2) is 0 Å². The van der Waals surface area contributed by atoms with Gasteiger partial charge < -0.3 is 14.4 Å². The number of hydrogen-bond acceptors (Lipinski definition) is 3. The second kappa shape index (κ2) is 11.4. The van der Waals surface area contributed by atoms with Crippen LogP contribution in [-0.2, 0) is 6.54 Å². The maximum atomic E-state index is 10.3. The number of para-hydroxylation sites is 2. The molecule has 1 aliphatic rings. The fourth-order valence-corrected chi connectivity index (χ4v) is 5.89. The molecule has 1 N–H and O–H groups in total. The molecule has 0 amide bonds. The van der Waals surface area contributed by atoms with Gasteiger partial charge in [-0.3, -0.25) is 4.90 Å². The number of nitrogens with zero attached hydrogens (tertiary/aromatic N) is 2. The summed E-state index contributed by atoms with van der Waals surface area (Å²) < 4.78 is 8.49. The number of aromatic hydroxyl groups is 1. The minimum absolute atomic E-state index is 0.300. The molecule has 1 aliphatic heterocycles. The normalized spacial score (nSPS) is 14.1. The highest BCUT2D eigenvalue weighted by Crippen LogP contribution is 2.36. The van der Waals surface area contributed by atoms with E-state index in [9.17, 15) is 5.11 Å². The molecule has 0 atom stereocenters. The monoisotopic (exact) mass is 516 g/mol. The van der Waals surface area contributed by atoms with E-state index in [1.807, 2.05) is 18.2 Å². The molecule has 1 fully saturated rings. The van der Waals surface area contributed by atoms with E-state index >= 15 is 0 Å². The van der Waals surface area contributed by atoms with Crippen molar-refractivity contribution in [3.8, 4) is 33.9 Å². The molecule has 198 valence electrons. The van der Waals surface area contributed by atoms with E-state index in [0.717, 1.165) is 36.6 Å². The van der Waals surface area contributed by atoms with Crippen LogP contribution in [-0.4, -0.2) is 40.8 Å². The van der Waals surface area contributed by atoms with Crippen LogP contribution in [0, 0.1) is 6.92 Å². The minimum atomic E-state index is 0.300. The summed E-state index contributed by atoms with van der Waals surface area (Å²) in [6.45, 7) is 7.13. The number of rotatable bonds is 8. The molecule has 1 saturated heterocycles. The highest BCUT2D eigenvalue weighted by atomic mass is 16.5. The van der Waals surface area contributed by atoms with Gasteiger partial charge in [-0.1, -0.05) is 79.2 Å². The standard InChI is InChI=1S/C35H36N2O2/c1-26-31-9-3-5-11-33(31)37(35(26)29-17-15-28(16-18-29)32-10-4-6-12-34(32)38)25-27-13-19-30(20-14-27)39-24-23-36-21-7-2-8-22-36/h3-6,9-20,38H,2,7-8,21-25H2,1H3. The van der Waals surface area contributed by atoms with Gasteiger partial charge in [0, 0.05) is 29.6 Å². The first-order valence-electron chi connectivity index (χ1n) is 14.1. The first kappa shape index (κ1) is 25.3. The zero-order valence-electron chi connectivity index (χ0n) is 22.6. The van der Waals surface area contributed by atoms with E-state index in [0.29, 0.717) is 5.75 Å². The maximum absolute atomic E-state index is 10.3. The molecule has 4 nitrogen and oxygen atoms in total. The minimum Gasteiger partial charge on any atom is -0.507 e. The molecule has 4 heteroatoms. The molecule has 1 aromatic heterocycles. The van der Waals surface area contributed by atoms with Crippen molar-refractivity contribution in [1.82, 2.24) is 9.47 Å². The average Bonchev–Trinajstić information content (AvgIpc) is 3.26. The number of ether oxygens (including phenoxy) is 1. The summed E-state index contributed by atoms with van der Waals surface area (Å²) in [5.74, 6) is 1.23. The van der Waals surface area contributed by atoms with Crippen LogP contribution in [0.4, 0.5) is 0 Å². The highest BCUT2D eigenvalue weighted by molar-refractivity contribution is 5.92. The van der Waals surface area contributed by atoms with Crippen molar-refractivity contribution in [3.63, 3.8) is 0 Å². The van der Waals surface area contributed by atoms with Gasteiger partial charge in [0.05, 0.1) is 5.69 Å². The molecule has 0 saturated carbocycles. The number of piperidine rings is 1. The van der Waals surface area contributed by atoms with Crippen molar-refractivity contribution in [2.75, 3.05) is 26.2 Å². The smallest absolute Gasteiger partial charge is 0.123 e. The van der Waals surface area contributed by atoms with Gasteiger partial charge in [-0.2, -0.15) is 0 Å². The quantitative estimate of drug-likeness (QED) is 0.228. The Bertz CT molecular complexity index is 1540. The van der Waals surface area contributed by atoms with Gasteiger partial charge in [0.2, 0.25) is 0 Å². The Balaban J connectivity index is 1.24. The van der Waals surface area contributed by atoms with E-state index in [4.69, 9.17) is 4.74 Å². The molecule has 0 bridgehead atoms. The summed E-state index contributed by atoms with van der Waals surface area (Å²) in [6.07, 6.45) is 3.98. The number of benzene rings is 4. The number of aryl methyl sites for hydroxylation is 1. The fourth-order valence-electron chi connectivity index (χ4n) is 5.89. The van der Waals surface area contributed by atoms with E-state index in [1.54, 1.807) is 6.07 Å². The van der Waals surface area contributed by atoms with E-state index in [1.165, 1.54) is 65.6 Å². The SMILES string of the molecule is Cc1c(-c2ccc(-c3ccccc3O)cc2)n(Cc2ccc(OCCN3CCCCC3)cc2)c2ccccc12. The summed E-state index contributed by atoms with van der Waals surface area (Å²) in [6, 6.07) is 33.2. The van der Waals surface area contributed by atoms with Crippen molar-refractivity contribution in [3.05, 3.63) is 108 Å². The van der Waals surface area contributed by atoms with Gasteiger partial charge in [0.25, 0.3) is 0 Å². The van der Waals surface area contributed by atoms with Crippen LogP contribution in [0.1, 0.15) is 30.4 Å². The van der Waals surface area contributed by atoms with E-state index < -0.39 is 0 Å². The third-order valence-corrected chi connectivity index (χ3v) is 7.99. The molecular formula is C35H36N2O2. The molecule has 0 radical (unpaired) electrons. The van der Waals surface area contributed by atoms with Gasteiger partial charge in [-0.15, -0.1) is 0 Å². The maximum Gasteiger partial charge on any atom is 0.123 e. The summed E-state index contributed by atoms with van der Waals surface area (Å²) in [4.78, 5) is 2.51. The number of hydrogen-bond donors (Lipinski definition) is 1.